The second-order valence-corrected chi connectivity index (χ2v) is 8.20. The highest BCUT2D eigenvalue weighted by Gasteiger charge is 2.68. The van der Waals surface area contributed by atoms with Gasteiger partial charge in [-0.15, -0.1) is 0 Å². The average Bonchev–Trinajstić information content (AvgIpc) is 3.14. The summed E-state index contributed by atoms with van der Waals surface area (Å²) in [6.45, 7) is 4.31. The molecule has 1 aromatic carbocycles. The Morgan fingerprint density at radius 1 is 1.40 bits per heavy atom. The number of benzene rings is 1. The molecule has 0 aromatic heterocycles. The summed E-state index contributed by atoms with van der Waals surface area (Å²) in [7, 11) is 3.91. The Morgan fingerprint density at radius 3 is 2.96 bits per heavy atom. The summed E-state index contributed by atoms with van der Waals surface area (Å²) in [6, 6.07) is 9.13. The van der Waals surface area contributed by atoms with Gasteiger partial charge < -0.3 is 14.5 Å². The standard InChI is InChI=1S/C21H24N2O2/c1-4-13-12-23(2)10-9-21-15-7-5-6-8-16(15)22-19(21)18(20(24)25-3)14(13)11-17(21)23/h4-8,14,17H,9-12H2,1-3H3/p+1/b13-4-/t14-,17-,21+,23?/m0/s1. The van der Waals surface area contributed by atoms with Crippen LogP contribution in [0.3, 0.4) is 0 Å². The molecule has 1 aromatic rings. The molecule has 3 heterocycles. The summed E-state index contributed by atoms with van der Waals surface area (Å²) >= 11 is 0. The number of nitrogens with one attached hydrogen (secondary N) is 1. The number of hydrogen-bond donors (Lipinski definition) is 1. The Bertz CT molecular complexity index is 855. The zero-order valence-corrected chi connectivity index (χ0v) is 15.1. The zero-order valence-electron chi connectivity index (χ0n) is 15.1. The van der Waals surface area contributed by atoms with Crippen molar-refractivity contribution in [2.75, 3.05) is 32.6 Å². The molecule has 0 saturated carbocycles. The van der Waals surface area contributed by atoms with Crippen LogP contribution in [0.4, 0.5) is 5.69 Å². The number of quaternary nitrogens is 1. The molecule has 3 aliphatic heterocycles. The number of carbonyl (C=O) groups excluding carboxylic acids is 1. The normalized spacial score (nSPS) is 39.1. The highest BCUT2D eigenvalue weighted by Crippen LogP contribution is 2.63. The molecule has 5 rings (SSSR count). The van der Waals surface area contributed by atoms with Crippen molar-refractivity contribution in [3.63, 3.8) is 0 Å². The Kier molecular flexibility index (Phi) is 2.89. The van der Waals surface area contributed by atoms with Crippen LogP contribution in [-0.2, 0) is 14.9 Å². The van der Waals surface area contributed by atoms with Crippen LogP contribution in [0.2, 0.25) is 0 Å². The number of hydrogen-bond acceptors (Lipinski definition) is 3. The van der Waals surface area contributed by atoms with Crippen LogP contribution in [-0.4, -0.2) is 43.7 Å². The number of methoxy groups -OCH3 is 1. The average molecular weight is 337 g/mol. The van der Waals surface area contributed by atoms with Crippen molar-refractivity contribution in [3.05, 3.63) is 52.7 Å². The van der Waals surface area contributed by atoms with Gasteiger partial charge in [-0.3, -0.25) is 0 Å². The second kappa shape index (κ2) is 4.76. The number of likely N-dealkylation sites (N-methyl/N-ethyl adjacent to an activating group) is 1. The van der Waals surface area contributed by atoms with Crippen LogP contribution < -0.4 is 5.32 Å². The van der Waals surface area contributed by atoms with Crippen molar-refractivity contribution >= 4 is 11.7 Å². The van der Waals surface area contributed by atoms with Crippen LogP contribution in [0.1, 0.15) is 25.3 Å². The number of allylic oxidation sites excluding steroid dienone is 1. The van der Waals surface area contributed by atoms with Gasteiger partial charge in [-0.2, -0.15) is 0 Å². The minimum Gasteiger partial charge on any atom is -0.466 e. The number of anilines is 1. The summed E-state index contributed by atoms with van der Waals surface area (Å²) in [6.07, 6.45) is 4.36. The first-order chi connectivity index (χ1) is 12.0. The summed E-state index contributed by atoms with van der Waals surface area (Å²) in [5, 5.41) is 3.65. The third-order valence-corrected chi connectivity index (χ3v) is 7.30. The number of piperidine rings is 1. The van der Waals surface area contributed by atoms with Crippen molar-refractivity contribution < 1.29 is 14.0 Å². The molecule has 1 aliphatic carbocycles. The Labute approximate surface area is 148 Å². The van der Waals surface area contributed by atoms with Crippen LogP contribution in [0.25, 0.3) is 0 Å². The fourth-order valence-corrected chi connectivity index (χ4v) is 6.23. The van der Waals surface area contributed by atoms with E-state index >= 15 is 0 Å². The first-order valence-corrected chi connectivity index (χ1v) is 9.24. The summed E-state index contributed by atoms with van der Waals surface area (Å²) in [5.74, 6) is 0.0252. The molecule has 25 heavy (non-hydrogen) atoms. The molecule has 130 valence electrons. The Balaban J connectivity index is 1.84. The van der Waals surface area contributed by atoms with Crippen molar-refractivity contribution in [1.82, 2.24) is 0 Å². The lowest BCUT2D eigenvalue weighted by atomic mass is 9.61. The van der Waals surface area contributed by atoms with Crippen molar-refractivity contribution in [2.24, 2.45) is 5.92 Å². The predicted molar refractivity (Wildman–Crippen MR) is 97.0 cm³/mol. The topological polar surface area (TPSA) is 38.3 Å². The zero-order chi connectivity index (χ0) is 17.4. The molecular weight excluding hydrogens is 312 g/mol. The number of esters is 1. The Hall–Kier alpha value is -2.07. The van der Waals surface area contributed by atoms with Crippen molar-refractivity contribution in [3.8, 4) is 0 Å². The lowest BCUT2D eigenvalue weighted by Crippen LogP contribution is -2.61. The molecule has 0 amide bonds. The molecule has 1 spiro atoms. The fraction of sp³-hybridized carbons (Fsp3) is 0.476. The van der Waals surface area contributed by atoms with Crippen LogP contribution in [0.15, 0.2) is 47.2 Å². The third-order valence-electron chi connectivity index (χ3n) is 7.30. The van der Waals surface area contributed by atoms with Crippen LogP contribution >= 0.6 is 0 Å². The number of nitrogens with zero attached hydrogens (tertiary/aromatic N) is 1. The smallest absolute Gasteiger partial charge is 0.336 e. The largest absolute Gasteiger partial charge is 0.466 e. The van der Waals surface area contributed by atoms with Gasteiger partial charge in [-0.1, -0.05) is 24.3 Å². The van der Waals surface area contributed by atoms with E-state index in [0.717, 1.165) is 41.7 Å². The van der Waals surface area contributed by atoms with E-state index in [0.29, 0.717) is 6.04 Å². The van der Waals surface area contributed by atoms with Gasteiger partial charge in [0.05, 0.1) is 31.7 Å². The number of para-hydroxylation sites is 1. The minimum atomic E-state index is -0.166. The first-order valence-electron chi connectivity index (χ1n) is 9.24. The highest BCUT2D eigenvalue weighted by molar-refractivity contribution is 5.94. The van der Waals surface area contributed by atoms with E-state index in [2.05, 4.69) is 49.6 Å². The number of rotatable bonds is 1. The fourth-order valence-electron chi connectivity index (χ4n) is 6.23. The maximum Gasteiger partial charge on any atom is 0.336 e. The van der Waals surface area contributed by atoms with Crippen LogP contribution in [0.5, 0.6) is 0 Å². The lowest BCUT2D eigenvalue weighted by molar-refractivity contribution is -0.923. The van der Waals surface area contributed by atoms with Crippen molar-refractivity contribution in [2.45, 2.75) is 31.2 Å². The molecule has 2 bridgehead atoms. The molecule has 1 N–H and O–H groups in total. The third kappa shape index (κ3) is 1.64. The highest BCUT2D eigenvalue weighted by atomic mass is 16.5. The molecule has 1 unspecified atom stereocenters. The van der Waals surface area contributed by atoms with E-state index in [4.69, 9.17) is 4.74 Å². The monoisotopic (exact) mass is 337 g/mol. The number of fused-ring (bicyclic) bond motifs is 2. The molecular formula is C21H25N2O2+. The molecule has 0 radical (unpaired) electrons. The molecule has 4 heteroatoms. The van der Waals surface area contributed by atoms with E-state index in [9.17, 15) is 4.79 Å². The molecule has 4 atom stereocenters. The van der Waals surface area contributed by atoms with E-state index < -0.39 is 0 Å². The minimum absolute atomic E-state index is 0.0510. The SMILES string of the molecule is C/C=C1/C[N+]2(C)CC[C@]34C(=C(C(=O)OC)[C@H]1C[C@@H]32)Nc1ccccc14. The van der Waals surface area contributed by atoms with E-state index in [1.807, 2.05) is 0 Å². The van der Waals surface area contributed by atoms with Crippen molar-refractivity contribution in [1.29, 1.82) is 0 Å². The van der Waals surface area contributed by atoms with E-state index in [1.165, 1.54) is 23.9 Å². The molecule has 4 aliphatic rings. The summed E-state index contributed by atoms with van der Waals surface area (Å²) in [5.41, 5.74) is 5.88. The van der Waals surface area contributed by atoms with E-state index in [-0.39, 0.29) is 17.3 Å². The second-order valence-electron chi connectivity index (χ2n) is 8.20. The van der Waals surface area contributed by atoms with Gasteiger partial charge in [0, 0.05) is 30.1 Å². The van der Waals surface area contributed by atoms with Gasteiger partial charge in [0.1, 0.15) is 12.6 Å². The van der Waals surface area contributed by atoms with Gasteiger partial charge in [0.15, 0.2) is 0 Å². The van der Waals surface area contributed by atoms with Gasteiger partial charge in [0.25, 0.3) is 0 Å². The number of ether oxygens (including phenoxy) is 1. The van der Waals surface area contributed by atoms with Gasteiger partial charge in [-0.25, -0.2) is 4.79 Å². The Morgan fingerprint density at radius 2 is 2.20 bits per heavy atom. The molecule has 2 saturated heterocycles. The summed E-state index contributed by atoms with van der Waals surface area (Å²) in [4.78, 5) is 12.8. The number of carbonyl (C=O) groups is 1. The predicted octanol–water partition coefficient (Wildman–Crippen LogP) is 2.98. The van der Waals surface area contributed by atoms with Gasteiger partial charge in [-0.05, 0) is 24.1 Å². The quantitative estimate of drug-likeness (QED) is 0.486. The van der Waals surface area contributed by atoms with Gasteiger partial charge in [0.2, 0.25) is 0 Å². The summed E-state index contributed by atoms with van der Waals surface area (Å²) < 4.78 is 6.33. The van der Waals surface area contributed by atoms with Gasteiger partial charge >= 0.3 is 5.97 Å². The van der Waals surface area contributed by atoms with E-state index in [1.54, 1.807) is 0 Å². The molecule has 4 nitrogen and oxygen atoms in total. The maximum atomic E-state index is 12.8. The lowest BCUT2D eigenvalue weighted by Gasteiger charge is -2.51. The molecule has 2 fully saturated rings. The first kappa shape index (κ1) is 15.2. The maximum absolute atomic E-state index is 12.8. The van der Waals surface area contributed by atoms with Crippen LogP contribution in [0, 0.1) is 5.92 Å².